The zero-order valence-corrected chi connectivity index (χ0v) is 11.6. The van der Waals surface area contributed by atoms with Gasteiger partial charge in [0.1, 0.15) is 6.10 Å². The molecule has 1 saturated carbocycles. The molecule has 0 radical (unpaired) electrons. The number of nitrogens with zero attached hydrogens (tertiary/aromatic N) is 1. The molecule has 1 N–H and O–H groups in total. The van der Waals surface area contributed by atoms with Crippen LogP contribution in [0.4, 0.5) is 0 Å². The summed E-state index contributed by atoms with van der Waals surface area (Å²) < 4.78 is 16.7. The SMILES string of the molecule is N#C[C@]12C[C@H](OC1=O)[C@H](O)CC1CC3(CC=C12)OCCO3. The van der Waals surface area contributed by atoms with Crippen molar-refractivity contribution in [2.45, 2.75) is 43.7 Å². The summed E-state index contributed by atoms with van der Waals surface area (Å²) in [5, 5.41) is 19.9. The summed E-state index contributed by atoms with van der Waals surface area (Å²) in [6.07, 6.45) is 2.43. The summed E-state index contributed by atoms with van der Waals surface area (Å²) in [5.74, 6) is -1.24. The molecule has 0 aromatic rings. The van der Waals surface area contributed by atoms with Crippen molar-refractivity contribution < 1.29 is 24.1 Å². The largest absolute Gasteiger partial charge is 0.458 e. The second-order valence-corrected chi connectivity index (χ2v) is 6.34. The Morgan fingerprint density at radius 1 is 1.33 bits per heavy atom. The Labute approximate surface area is 122 Å². The lowest BCUT2D eigenvalue weighted by Gasteiger charge is -2.39. The smallest absolute Gasteiger partial charge is 0.331 e. The molecule has 2 aliphatic carbocycles. The molecule has 3 fully saturated rings. The van der Waals surface area contributed by atoms with Gasteiger partial charge in [0.05, 0.1) is 25.4 Å². The van der Waals surface area contributed by atoms with Gasteiger partial charge in [-0.3, -0.25) is 0 Å². The topological polar surface area (TPSA) is 88.8 Å². The van der Waals surface area contributed by atoms with Gasteiger partial charge in [0, 0.05) is 19.3 Å². The van der Waals surface area contributed by atoms with Gasteiger partial charge in [-0.05, 0) is 17.9 Å². The number of hydrogen-bond acceptors (Lipinski definition) is 6. The van der Waals surface area contributed by atoms with E-state index in [-0.39, 0.29) is 12.3 Å². The number of aliphatic hydroxyl groups is 1. The van der Waals surface area contributed by atoms with Crippen LogP contribution in [0.15, 0.2) is 11.6 Å². The van der Waals surface area contributed by atoms with E-state index < -0.39 is 29.4 Å². The lowest BCUT2D eigenvalue weighted by atomic mass is 9.69. The summed E-state index contributed by atoms with van der Waals surface area (Å²) in [6.45, 7) is 1.12. The highest BCUT2D eigenvalue weighted by molar-refractivity contribution is 5.86. The Balaban J connectivity index is 1.77. The zero-order valence-electron chi connectivity index (χ0n) is 11.6. The number of aliphatic hydroxyl groups excluding tert-OH is 1. The highest BCUT2D eigenvalue weighted by Crippen LogP contribution is 2.53. The van der Waals surface area contributed by atoms with Crippen LogP contribution in [-0.2, 0) is 19.0 Å². The number of rotatable bonds is 0. The lowest BCUT2D eigenvalue weighted by molar-refractivity contribution is -0.174. The fourth-order valence-electron chi connectivity index (χ4n) is 4.18. The Morgan fingerprint density at radius 2 is 2.10 bits per heavy atom. The second kappa shape index (κ2) is 4.29. The van der Waals surface area contributed by atoms with Crippen LogP contribution in [0.2, 0.25) is 0 Å². The van der Waals surface area contributed by atoms with Crippen molar-refractivity contribution in [1.82, 2.24) is 0 Å². The number of esters is 1. The van der Waals surface area contributed by atoms with Crippen LogP contribution >= 0.6 is 0 Å². The fourth-order valence-corrected chi connectivity index (χ4v) is 4.18. The molecule has 112 valence electrons. The van der Waals surface area contributed by atoms with E-state index in [1.54, 1.807) is 0 Å². The van der Waals surface area contributed by atoms with Crippen LogP contribution < -0.4 is 0 Å². The van der Waals surface area contributed by atoms with E-state index in [0.717, 1.165) is 5.57 Å². The molecule has 1 spiro atoms. The summed E-state index contributed by atoms with van der Waals surface area (Å²) in [4.78, 5) is 12.2. The predicted molar refractivity (Wildman–Crippen MR) is 68.6 cm³/mol. The third kappa shape index (κ3) is 1.71. The third-order valence-electron chi connectivity index (χ3n) is 5.20. The van der Waals surface area contributed by atoms with E-state index in [9.17, 15) is 15.2 Å². The molecule has 2 bridgehead atoms. The second-order valence-electron chi connectivity index (χ2n) is 6.34. The Morgan fingerprint density at radius 3 is 2.81 bits per heavy atom. The fraction of sp³-hybridized carbons (Fsp3) is 0.733. The van der Waals surface area contributed by atoms with Gasteiger partial charge in [0.2, 0.25) is 0 Å². The monoisotopic (exact) mass is 291 g/mol. The van der Waals surface area contributed by atoms with Crippen molar-refractivity contribution in [2.75, 3.05) is 13.2 Å². The summed E-state index contributed by atoms with van der Waals surface area (Å²) >= 11 is 0. The van der Waals surface area contributed by atoms with Crippen molar-refractivity contribution in [3.05, 3.63) is 11.6 Å². The number of nitriles is 1. The van der Waals surface area contributed by atoms with Crippen molar-refractivity contribution in [1.29, 1.82) is 5.26 Å². The summed E-state index contributed by atoms with van der Waals surface area (Å²) in [6, 6.07) is 2.16. The third-order valence-corrected chi connectivity index (χ3v) is 5.20. The van der Waals surface area contributed by atoms with Crippen molar-refractivity contribution in [3.8, 4) is 6.07 Å². The van der Waals surface area contributed by atoms with Crippen molar-refractivity contribution in [3.63, 3.8) is 0 Å². The van der Waals surface area contributed by atoms with Gasteiger partial charge in [-0.25, -0.2) is 4.79 Å². The minimum absolute atomic E-state index is 0.0793. The van der Waals surface area contributed by atoms with Crippen LogP contribution in [0.5, 0.6) is 0 Å². The van der Waals surface area contributed by atoms with Gasteiger partial charge in [-0.15, -0.1) is 0 Å². The molecule has 21 heavy (non-hydrogen) atoms. The van der Waals surface area contributed by atoms with E-state index >= 15 is 0 Å². The lowest BCUT2D eigenvalue weighted by Crippen LogP contribution is -2.42. The molecule has 2 heterocycles. The molecule has 4 rings (SSSR count). The number of ether oxygens (including phenoxy) is 3. The maximum atomic E-state index is 12.2. The molecule has 0 aromatic carbocycles. The normalized spacial score (nSPS) is 43.7. The molecule has 2 saturated heterocycles. The predicted octanol–water partition coefficient (Wildman–Crippen LogP) is 0.656. The van der Waals surface area contributed by atoms with Crippen LogP contribution in [0.25, 0.3) is 0 Å². The summed E-state index contributed by atoms with van der Waals surface area (Å²) in [7, 11) is 0. The highest BCUT2D eigenvalue weighted by atomic mass is 16.7. The number of fused-ring (bicyclic) bond motifs is 4. The van der Waals surface area contributed by atoms with Gasteiger partial charge in [0.25, 0.3) is 0 Å². The zero-order chi connectivity index (χ0) is 14.7. The molecule has 1 unspecified atom stereocenters. The molecular weight excluding hydrogens is 274 g/mol. The first-order valence-corrected chi connectivity index (χ1v) is 7.37. The van der Waals surface area contributed by atoms with Crippen LogP contribution in [0.1, 0.15) is 25.7 Å². The van der Waals surface area contributed by atoms with Crippen LogP contribution in [-0.4, -0.2) is 42.3 Å². The molecule has 0 amide bonds. The molecule has 2 aliphatic heterocycles. The molecule has 6 nitrogen and oxygen atoms in total. The highest BCUT2D eigenvalue weighted by Gasteiger charge is 2.60. The Hall–Kier alpha value is -1.42. The van der Waals surface area contributed by atoms with E-state index in [2.05, 4.69) is 6.07 Å². The molecule has 4 atom stereocenters. The number of hydrogen-bond donors (Lipinski definition) is 1. The van der Waals surface area contributed by atoms with Crippen LogP contribution in [0, 0.1) is 22.7 Å². The van der Waals surface area contributed by atoms with Gasteiger partial charge < -0.3 is 19.3 Å². The van der Waals surface area contributed by atoms with Gasteiger partial charge in [-0.2, -0.15) is 5.26 Å². The molecular formula is C15H17NO5. The average Bonchev–Trinajstić information content (AvgIpc) is 3.02. The first kappa shape index (κ1) is 13.3. The Kier molecular flexibility index (Phi) is 2.71. The van der Waals surface area contributed by atoms with Crippen molar-refractivity contribution in [2.24, 2.45) is 11.3 Å². The average molecular weight is 291 g/mol. The minimum Gasteiger partial charge on any atom is -0.458 e. The Bertz CT molecular complexity index is 559. The summed E-state index contributed by atoms with van der Waals surface area (Å²) in [5.41, 5.74) is -0.439. The van der Waals surface area contributed by atoms with Crippen molar-refractivity contribution >= 4 is 5.97 Å². The molecule has 6 heteroatoms. The van der Waals surface area contributed by atoms with E-state index in [1.165, 1.54) is 0 Å². The minimum atomic E-state index is -1.23. The molecule has 4 aliphatic rings. The van der Waals surface area contributed by atoms with E-state index in [1.807, 2.05) is 6.08 Å². The van der Waals surface area contributed by atoms with Gasteiger partial charge >= 0.3 is 5.97 Å². The van der Waals surface area contributed by atoms with Gasteiger partial charge in [-0.1, -0.05) is 6.08 Å². The first-order valence-electron chi connectivity index (χ1n) is 7.37. The molecule has 0 aromatic heterocycles. The number of carbonyl (C=O) groups is 1. The standard InChI is InChI=1S/C15H17NO5/c16-8-14-7-12(21-13(14)18)11(17)5-9-6-15(2-1-10(9)14)19-3-4-20-15/h1,9,11-12,17H,2-7H2/t9?,11-,12+,14+/m1/s1. The maximum absolute atomic E-state index is 12.2. The number of carbonyl (C=O) groups excluding carboxylic acids is 1. The first-order chi connectivity index (χ1) is 10.1. The van der Waals surface area contributed by atoms with Gasteiger partial charge in [0.15, 0.2) is 11.2 Å². The van der Waals surface area contributed by atoms with Crippen LogP contribution in [0.3, 0.4) is 0 Å². The van der Waals surface area contributed by atoms with E-state index in [4.69, 9.17) is 14.2 Å². The van der Waals surface area contributed by atoms with E-state index in [0.29, 0.717) is 32.5 Å². The maximum Gasteiger partial charge on any atom is 0.331 e. The quantitative estimate of drug-likeness (QED) is 0.521.